The van der Waals surface area contributed by atoms with Gasteiger partial charge in [0.15, 0.2) is 23.2 Å². The van der Waals surface area contributed by atoms with E-state index in [0.29, 0.717) is 29.2 Å². The van der Waals surface area contributed by atoms with E-state index in [9.17, 15) is 8.78 Å². The molecule has 0 N–H and O–H groups in total. The van der Waals surface area contributed by atoms with Gasteiger partial charge in [0, 0.05) is 16.7 Å². The molecule has 4 rings (SSSR count). The number of unbranched alkanes of at least 4 members (excludes halogenated alkanes) is 5. The third-order valence-corrected chi connectivity index (χ3v) is 7.97. The van der Waals surface area contributed by atoms with Crippen LogP contribution in [-0.4, -0.2) is 6.61 Å². The predicted octanol–water partition coefficient (Wildman–Crippen LogP) is 11.3. The van der Waals surface area contributed by atoms with Gasteiger partial charge in [-0.15, -0.1) is 0 Å². The van der Waals surface area contributed by atoms with E-state index in [0.717, 1.165) is 50.5 Å². The summed E-state index contributed by atoms with van der Waals surface area (Å²) >= 11 is 0. The Balaban J connectivity index is 1.46. The normalized spacial score (nSPS) is 15.2. The van der Waals surface area contributed by atoms with Crippen molar-refractivity contribution in [2.24, 2.45) is 5.92 Å². The molecular formula is C35H40F4O. The van der Waals surface area contributed by atoms with Crippen LogP contribution in [0.2, 0.25) is 0 Å². The summed E-state index contributed by atoms with van der Waals surface area (Å²) in [6, 6.07) is 12.5. The summed E-state index contributed by atoms with van der Waals surface area (Å²) in [5.74, 6) is -3.23. The Kier molecular flexibility index (Phi) is 10.9. The van der Waals surface area contributed by atoms with Crippen LogP contribution in [0.5, 0.6) is 5.75 Å². The Morgan fingerprint density at radius 1 is 0.650 bits per heavy atom. The molecule has 5 heteroatoms. The van der Waals surface area contributed by atoms with Crippen molar-refractivity contribution in [1.29, 1.82) is 0 Å². The molecule has 1 nitrogen and oxygen atoms in total. The fourth-order valence-corrected chi connectivity index (χ4v) is 5.51. The van der Waals surface area contributed by atoms with E-state index in [2.05, 4.69) is 19.9 Å². The van der Waals surface area contributed by atoms with Crippen molar-refractivity contribution in [3.8, 4) is 28.0 Å². The van der Waals surface area contributed by atoms with Gasteiger partial charge in [0.1, 0.15) is 0 Å². The Hall–Kier alpha value is -3.08. The molecule has 0 bridgehead atoms. The number of hydrogen-bond donors (Lipinski definition) is 0. The van der Waals surface area contributed by atoms with Crippen LogP contribution >= 0.6 is 0 Å². The lowest BCUT2D eigenvalue weighted by molar-refractivity contribution is 0.285. The molecule has 214 valence electrons. The van der Waals surface area contributed by atoms with Crippen LogP contribution < -0.4 is 4.74 Å². The van der Waals surface area contributed by atoms with E-state index in [1.54, 1.807) is 36.4 Å². The van der Waals surface area contributed by atoms with Crippen LogP contribution in [0.25, 0.3) is 27.8 Å². The molecule has 0 aliphatic heterocycles. The predicted molar refractivity (Wildman–Crippen MR) is 156 cm³/mol. The van der Waals surface area contributed by atoms with Crippen LogP contribution in [-0.2, 0) is 0 Å². The van der Waals surface area contributed by atoms with E-state index in [-0.39, 0.29) is 16.9 Å². The average molecular weight is 553 g/mol. The van der Waals surface area contributed by atoms with E-state index in [1.807, 2.05) is 0 Å². The first-order chi connectivity index (χ1) is 19.4. The van der Waals surface area contributed by atoms with Gasteiger partial charge in [-0.1, -0.05) is 101 Å². The fourth-order valence-electron chi connectivity index (χ4n) is 5.51. The number of ether oxygens (including phenoxy) is 1. The summed E-state index contributed by atoms with van der Waals surface area (Å²) < 4.78 is 65.4. The molecule has 1 atom stereocenters. The molecular weight excluding hydrogens is 512 g/mol. The summed E-state index contributed by atoms with van der Waals surface area (Å²) in [6.07, 6.45) is 13.5. The minimum Gasteiger partial charge on any atom is -0.490 e. The fraction of sp³-hybridized carbons (Fsp3) is 0.429. The Bertz CT molecular complexity index is 1300. The Morgan fingerprint density at radius 3 is 1.85 bits per heavy atom. The molecule has 1 aliphatic carbocycles. The molecule has 0 amide bonds. The highest BCUT2D eigenvalue weighted by Gasteiger charge is 2.21. The van der Waals surface area contributed by atoms with Crippen molar-refractivity contribution < 1.29 is 22.3 Å². The maximum Gasteiger partial charge on any atom is 0.201 e. The van der Waals surface area contributed by atoms with Crippen LogP contribution in [0, 0.1) is 29.2 Å². The molecule has 0 saturated heterocycles. The van der Waals surface area contributed by atoms with Gasteiger partial charge in [0.25, 0.3) is 0 Å². The van der Waals surface area contributed by atoms with Crippen LogP contribution in [0.3, 0.4) is 0 Å². The summed E-state index contributed by atoms with van der Waals surface area (Å²) in [5.41, 5.74) is 2.33. The zero-order valence-corrected chi connectivity index (χ0v) is 23.7. The van der Waals surface area contributed by atoms with Gasteiger partial charge in [0.2, 0.25) is 5.82 Å². The lowest BCUT2D eigenvalue weighted by Crippen LogP contribution is -2.07. The maximum absolute atomic E-state index is 15.2. The quantitative estimate of drug-likeness (QED) is 0.151. The highest BCUT2D eigenvalue weighted by Crippen LogP contribution is 2.37. The highest BCUT2D eigenvalue weighted by molar-refractivity contribution is 5.74. The molecule has 40 heavy (non-hydrogen) atoms. The third-order valence-electron chi connectivity index (χ3n) is 7.97. The molecule has 3 aromatic carbocycles. The molecule has 0 spiro atoms. The maximum atomic E-state index is 15.2. The van der Waals surface area contributed by atoms with E-state index >= 15 is 8.78 Å². The molecule has 1 aliphatic rings. The molecule has 0 radical (unpaired) electrons. The summed E-state index contributed by atoms with van der Waals surface area (Å²) in [4.78, 5) is 0. The van der Waals surface area contributed by atoms with Crippen molar-refractivity contribution in [3.63, 3.8) is 0 Å². The van der Waals surface area contributed by atoms with Gasteiger partial charge in [-0.25, -0.2) is 13.2 Å². The van der Waals surface area contributed by atoms with Crippen molar-refractivity contribution in [3.05, 3.63) is 83.4 Å². The molecule has 0 saturated carbocycles. The monoisotopic (exact) mass is 552 g/mol. The Morgan fingerprint density at radius 2 is 1.23 bits per heavy atom. The lowest BCUT2D eigenvalue weighted by atomic mass is 9.83. The third kappa shape index (κ3) is 7.16. The Labute approximate surface area is 236 Å². The zero-order chi connectivity index (χ0) is 28.5. The van der Waals surface area contributed by atoms with E-state index in [1.165, 1.54) is 37.8 Å². The summed E-state index contributed by atoms with van der Waals surface area (Å²) in [5, 5.41) is 0. The lowest BCUT2D eigenvalue weighted by Gasteiger charge is -2.22. The molecule has 0 fully saturated rings. The van der Waals surface area contributed by atoms with Crippen LogP contribution in [0.1, 0.15) is 90.0 Å². The van der Waals surface area contributed by atoms with Crippen molar-refractivity contribution in [2.45, 2.75) is 84.5 Å². The second-order valence-corrected chi connectivity index (χ2v) is 10.9. The van der Waals surface area contributed by atoms with Gasteiger partial charge in [-0.2, -0.15) is 4.39 Å². The van der Waals surface area contributed by atoms with Gasteiger partial charge >= 0.3 is 0 Å². The number of benzene rings is 3. The van der Waals surface area contributed by atoms with Crippen LogP contribution in [0.4, 0.5) is 17.6 Å². The minimum absolute atomic E-state index is 0.0848. The smallest absolute Gasteiger partial charge is 0.201 e. The summed E-state index contributed by atoms with van der Waals surface area (Å²) in [7, 11) is 0. The van der Waals surface area contributed by atoms with Crippen LogP contribution in [0.15, 0.2) is 54.6 Å². The van der Waals surface area contributed by atoms with Gasteiger partial charge in [-0.3, -0.25) is 0 Å². The number of hydrogen-bond acceptors (Lipinski definition) is 1. The molecule has 3 aromatic rings. The van der Waals surface area contributed by atoms with Gasteiger partial charge in [0.05, 0.1) is 6.61 Å². The first kappa shape index (κ1) is 29.9. The van der Waals surface area contributed by atoms with Crippen molar-refractivity contribution in [2.75, 3.05) is 6.61 Å². The largest absolute Gasteiger partial charge is 0.490 e. The van der Waals surface area contributed by atoms with Crippen molar-refractivity contribution in [1.82, 2.24) is 0 Å². The molecule has 0 aromatic heterocycles. The van der Waals surface area contributed by atoms with Gasteiger partial charge < -0.3 is 4.74 Å². The average Bonchev–Trinajstić information content (AvgIpc) is 2.97. The second-order valence-electron chi connectivity index (χ2n) is 10.9. The highest BCUT2D eigenvalue weighted by atomic mass is 19.2. The topological polar surface area (TPSA) is 9.23 Å². The summed E-state index contributed by atoms with van der Waals surface area (Å²) in [6.45, 7) is 4.63. The first-order valence-corrected chi connectivity index (χ1v) is 14.8. The van der Waals surface area contributed by atoms with E-state index in [4.69, 9.17) is 4.74 Å². The number of rotatable bonds is 13. The standard InChI is InChI=1S/C35H40F4O/c1-3-5-7-9-23-40-31-22-21-30(34(38)35(31)39)27-17-15-26(16-18-27)29-20-19-28(32(36)33(29)37)25-13-11-24(12-14-25)10-8-6-4-2/h13,15-22,24H,3-12,14,23H2,1-2H3. The first-order valence-electron chi connectivity index (χ1n) is 14.8. The second kappa shape index (κ2) is 14.5. The molecule has 1 unspecified atom stereocenters. The number of halogens is 4. The zero-order valence-electron chi connectivity index (χ0n) is 23.7. The number of allylic oxidation sites excluding steroid dienone is 2. The van der Waals surface area contributed by atoms with E-state index < -0.39 is 23.3 Å². The van der Waals surface area contributed by atoms with Crippen molar-refractivity contribution >= 4 is 5.57 Å². The minimum atomic E-state index is -1.02. The SMILES string of the molecule is CCCCCCOc1ccc(-c2ccc(-c3ccc(C4=CCC(CCCCC)CC4)c(F)c3F)cc2)c(F)c1F. The molecule has 0 heterocycles. The van der Waals surface area contributed by atoms with Gasteiger partial charge in [-0.05, 0) is 60.4 Å².